The third kappa shape index (κ3) is 7.69. The van der Waals surface area contributed by atoms with Crippen molar-refractivity contribution in [3.8, 4) is 5.75 Å². The number of aromatic nitrogens is 1. The summed E-state index contributed by atoms with van der Waals surface area (Å²) < 4.78 is 36.6. The third-order valence-electron chi connectivity index (χ3n) is 3.46. The number of guanidine groups is 1. The maximum atomic E-state index is 13.1. The van der Waals surface area contributed by atoms with Gasteiger partial charge in [-0.25, -0.2) is 13.8 Å². The van der Waals surface area contributed by atoms with Crippen molar-refractivity contribution in [2.75, 3.05) is 19.7 Å². The summed E-state index contributed by atoms with van der Waals surface area (Å²) in [7, 11) is 0. The van der Waals surface area contributed by atoms with E-state index < -0.39 is 11.6 Å². The SMILES string of the molecule is CCNC(=NCc1cc(C(C)C)no1)NCCOc1ccc(F)c(F)c1.I. The predicted molar refractivity (Wildman–Crippen MR) is 111 cm³/mol. The second-order valence-corrected chi connectivity index (χ2v) is 5.92. The molecule has 2 N–H and O–H groups in total. The molecule has 9 heteroatoms. The van der Waals surface area contributed by atoms with Crippen molar-refractivity contribution in [3.63, 3.8) is 0 Å². The molecule has 0 aliphatic heterocycles. The van der Waals surface area contributed by atoms with Gasteiger partial charge in [0, 0.05) is 18.7 Å². The molecule has 0 bridgehead atoms. The first-order chi connectivity index (χ1) is 12.5. The van der Waals surface area contributed by atoms with Crippen molar-refractivity contribution in [3.05, 3.63) is 47.4 Å². The second-order valence-electron chi connectivity index (χ2n) is 5.92. The lowest BCUT2D eigenvalue weighted by Crippen LogP contribution is -2.39. The Morgan fingerprint density at radius 1 is 1.22 bits per heavy atom. The zero-order chi connectivity index (χ0) is 18.9. The number of halogens is 3. The minimum atomic E-state index is -0.932. The number of benzene rings is 1. The summed E-state index contributed by atoms with van der Waals surface area (Å²) in [5.41, 5.74) is 0.896. The Balaban J connectivity index is 0.00000364. The first-order valence-electron chi connectivity index (χ1n) is 8.55. The van der Waals surface area contributed by atoms with Crippen LogP contribution in [0, 0.1) is 11.6 Å². The molecule has 0 unspecified atom stereocenters. The monoisotopic (exact) mass is 494 g/mol. The van der Waals surface area contributed by atoms with E-state index in [1.54, 1.807) is 0 Å². The molecular weight excluding hydrogens is 469 g/mol. The molecule has 0 fully saturated rings. The molecule has 0 spiro atoms. The quantitative estimate of drug-likeness (QED) is 0.253. The van der Waals surface area contributed by atoms with Crippen LogP contribution in [0.2, 0.25) is 0 Å². The molecule has 0 aliphatic rings. The van der Waals surface area contributed by atoms with Gasteiger partial charge in [-0.05, 0) is 25.0 Å². The van der Waals surface area contributed by atoms with E-state index in [4.69, 9.17) is 9.26 Å². The molecule has 2 rings (SSSR count). The van der Waals surface area contributed by atoms with Crippen molar-refractivity contribution in [1.82, 2.24) is 15.8 Å². The lowest BCUT2D eigenvalue weighted by molar-refractivity contribution is 0.318. The number of hydrogen-bond acceptors (Lipinski definition) is 4. The van der Waals surface area contributed by atoms with Gasteiger partial charge in [0.1, 0.15) is 18.9 Å². The molecular formula is C18H25F2IN4O2. The minimum Gasteiger partial charge on any atom is -0.492 e. The van der Waals surface area contributed by atoms with Crippen molar-refractivity contribution in [2.24, 2.45) is 4.99 Å². The number of nitrogens with zero attached hydrogens (tertiary/aromatic N) is 2. The fourth-order valence-corrected chi connectivity index (χ4v) is 2.08. The van der Waals surface area contributed by atoms with E-state index in [1.165, 1.54) is 6.07 Å². The van der Waals surface area contributed by atoms with Gasteiger partial charge in [0.05, 0.1) is 12.2 Å². The van der Waals surface area contributed by atoms with E-state index in [2.05, 4.69) is 20.8 Å². The van der Waals surface area contributed by atoms with Crippen LogP contribution in [0.3, 0.4) is 0 Å². The first kappa shape index (κ1) is 23.1. The van der Waals surface area contributed by atoms with E-state index in [0.717, 1.165) is 17.8 Å². The Kier molecular flexibility index (Phi) is 10.0. The van der Waals surface area contributed by atoms with E-state index in [0.29, 0.717) is 37.3 Å². The summed E-state index contributed by atoms with van der Waals surface area (Å²) >= 11 is 0. The maximum absolute atomic E-state index is 13.1. The highest BCUT2D eigenvalue weighted by Gasteiger charge is 2.07. The lowest BCUT2D eigenvalue weighted by Gasteiger charge is -2.11. The molecule has 0 saturated carbocycles. The summed E-state index contributed by atoms with van der Waals surface area (Å²) in [6, 6.07) is 5.33. The molecule has 150 valence electrons. The Labute approximate surface area is 174 Å². The van der Waals surface area contributed by atoms with Crippen LogP contribution >= 0.6 is 24.0 Å². The Bertz CT molecular complexity index is 738. The normalized spacial score (nSPS) is 11.3. The fraction of sp³-hybridized carbons (Fsp3) is 0.444. The van der Waals surface area contributed by atoms with Gasteiger partial charge in [0.25, 0.3) is 0 Å². The molecule has 0 radical (unpaired) electrons. The van der Waals surface area contributed by atoms with Crippen molar-refractivity contribution < 1.29 is 18.0 Å². The number of ether oxygens (including phenoxy) is 1. The molecule has 1 aromatic carbocycles. The van der Waals surface area contributed by atoms with Crippen LogP contribution in [-0.2, 0) is 6.54 Å². The Morgan fingerprint density at radius 2 is 2.00 bits per heavy atom. The first-order valence-corrected chi connectivity index (χ1v) is 8.55. The molecule has 0 atom stereocenters. The van der Waals surface area contributed by atoms with Crippen molar-refractivity contribution >= 4 is 29.9 Å². The molecule has 0 amide bonds. The van der Waals surface area contributed by atoms with E-state index in [9.17, 15) is 8.78 Å². The van der Waals surface area contributed by atoms with Crippen molar-refractivity contribution in [1.29, 1.82) is 0 Å². The van der Waals surface area contributed by atoms with Crippen LogP contribution in [0.1, 0.15) is 38.1 Å². The molecule has 27 heavy (non-hydrogen) atoms. The fourth-order valence-electron chi connectivity index (χ4n) is 2.08. The molecule has 6 nitrogen and oxygen atoms in total. The zero-order valence-electron chi connectivity index (χ0n) is 15.6. The third-order valence-corrected chi connectivity index (χ3v) is 3.46. The summed E-state index contributed by atoms with van der Waals surface area (Å²) in [4.78, 5) is 4.42. The van der Waals surface area contributed by atoms with Gasteiger partial charge in [-0.2, -0.15) is 0 Å². The van der Waals surface area contributed by atoms with Crippen LogP contribution in [-0.4, -0.2) is 30.8 Å². The number of hydrogen-bond donors (Lipinski definition) is 2. The Hall–Kier alpha value is -1.91. The predicted octanol–water partition coefficient (Wildman–Crippen LogP) is 3.83. The van der Waals surface area contributed by atoms with E-state index >= 15 is 0 Å². The Morgan fingerprint density at radius 3 is 2.63 bits per heavy atom. The number of aliphatic imine (C=N–C) groups is 1. The van der Waals surface area contributed by atoms with Crippen molar-refractivity contribution in [2.45, 2.75) is 33.2 Å². The van der Waals surface area contributed by atoms with Gasteiger partial charge in [-0.1, -0.05) is 19.0 Å². The highest BCUT2D eigenvalue weighted by molar-refractivity contribution is 14.0. The van der Waals surface area contributed by atoms with Crippen LogP contribution in [0.25, 0.3) is 0 Å². The molecule has 1 aromatic heterocycles. The molecule has 0 aliphatic carbocycles. The van der Waals surface area contributed by atoms with E-state index in [-0.39, 0.29) is 36.3 Å². The molecule has 2 aromatic rings. The van der Waals surface area contributed by atoms with Crippen LogP contribution < -0.4 is 15.4 Å². The van der Waals surface area contributed by atoms with Crippen LogP contribution in [0.5, 0.6) is 5.75 Å². The smallest absolute Gasteiger partial charge is 0.191 e. The summed E-state index contributed by atoms with van der Waals surface area (Å²) in [5.74, 6) is 0.0305. The highest BCUT2D eigenvalue weighted by Crippen LogP contribution is 2.15. The summed E-state index contributed by atoms with van der Waals surface area (Å²) in [6.07, 6.45) is 0. The molecule has 1 heterocycles. The van der Waals surface area contributed by atoms with Crippen LogP contribution in [0.15, 0.2) is 33.8 Å². The summed E-state index contributed by atoms with van der Waals surface area (Å²) in [5, 5.41) is 10.2. The minimum absolute atomic E-state index is 0. The molecule has 0 saturated heterocycles. The van der Waals surface area contributed by atoms with Gasteiger partial charge < -0.3 is 19.9 Å². The van der Waals surface area contributed by atoms with Gasteiger partial charge in [0.15, 0.2) is 23.4 Å². The number of nitrogens with one attached hydrogen (secondary N) is 2. The van der Waals surface area contributed by atoms with E-state index in [1.807, 2.05) is 26.8 Å². The average molecular weight is 494 g/mol. The largest absolute Gasteiger partial charge is 0.492 e. The summed E-state index contributed by atoms with van der Waals surface area (Å²) in [6.45, 7) is 7.82. The van der Waals surface area contributed by atoms with Gasteiger partial charge in [0.2, 0.25) is 0 Å². The zero-order valence-corrected chi connectivity index (χ0v) is 17.9. The highest BCUT2D eigenvalue weighted by atomic mass is 127. The topological polar surface area (TPSA) is 71.7 Å². The maximum Gasteiger partial charge on any atom is 0.191 e. The second kappa shape index (κ2) is 11.7. The lowest BCUT2D eigenvalue weighted by atomic mass is 10.1. The average Bonchev–Trinajstić information content (AvgIpc) is 3.09. The number of rotatable bonds is 8. The van der Waals surface area contributed by atoms with Gasteiger partial charge >= 0.3 is 0 Å². The van der Waals surface area contributed by atoms with Crippen LogP contribution in [0.4, 0.5) is 8.78 Å². The van der Waals surface area contributed by atoms with Gasteiger partial charge in [-0.15, -0.1) is 24.0 Å². The van der Waals surface area contributed by atoms with Gasteiger partial charge in [-0.3, -0.25) is 0 Å². The standard InChI is InChI=1S/C18H24F2N4O2.HI/c1-4-21-18(23-11-14-10-17(12(2)3)24-26-14)22-7-8-25-13-5-6-15(19)16(20)9-13;/h5-6,9-10,12H,4,7-8,11H2,1-3H3,(H2,21,22,23);1H.